The molecule has 0 bridgehead atoms. The lowest BCUT2D eigenvalue weighted by molar-refractivity contribution is 0.314. The number of anilines is 1. The van der Waals surface area contributed by atoms with Gasteiger partial charge in [-0.3, -0.25) is 0 Å². The van der Waals surface area contributed by atoms with Crippen molar-refractivity contribution >= 4 is 39.8 Å². The van der Waals surface area contributed by atoms with Crippen LogP contribution in [-0.4, -0.2) is 25.2 Å². The van der Waals surface area contributed by atoms with Crippen LogP contribution in [0.1, 0.15) is 5.56 Å². The fourth-order valence-electron chi connectivity index (χ4n) is 1.89. The number of halogens is 2. The van der Waals surface area contributed by atoms with Crippen LogP contribution in [0.25, 0.3) is 0 Å². The Morgan fingerprint density at radius 2 is 2.11 bits per heavy atom. The summed E-state index contributed by atoms with van der Waals surface area (Å²) in [7, 11) is 2.01. The molecule has 0 saturated carbocycles. The second-order valence-corrected chi connectivity index (χ2v) is 4.17. The molecule has 0 spiro atoms. The molecule has 6 heteroatoms. The maximum atomic E-state index is 5.63. The third-order valence-corrected chi connectivity index (χ3v) is 3.02. The second-order valence-electron chi connectivity index (χ2n) is 4.17. The Balaban J connectivity index is 0.000000902. The molecule has 0 saturated heterocycles. The van der Waals surface area contributed by atoms with Crippen molar-refractivity contribution in [2.24, 2.45) is 0 Å². The lowest BCUT2D eigenvalue weighted by Gasteiger charge is -2.22. The number of rotatable bonds is 2. The van der Waals surface area contributed by atoms with E-state index in [0.717, 1.165) is 30.4 Å². The number of aromatic nitrogens is 1. The van der Waals surface area contributed by atoms with Gasteiger partial charge in [0.25, 0.3) is 0 Å². The molecule has 104 valence electrons. The summed E-state index contributed by atoms with van der Waals surface area (Å²) in [5.41, 5.74) is 2.29. The SMILES string of the molecule is Br.Br.CN(C1=CC=C1)c1ccc2c(n1)OCCNC2. The molecule has 19 heavy (non-hydrogen) atoms. The first-order valence-electron chi connectivity index (χ1n) is 5.80. The van der Waals surface area contributed by atoms with E-state index in [4.69, 9.17) is 4.74 Å². The van der Waals surface area contributed by atoms with Gasteiger partial charge in [0.15, 0.2) is 0 Å². The zero-order valence-corrected chi connectivity index (χ0v) is 14.1. The molecule has 0 aromatic carbocycles. The monoisotopic (exact) mass is 389 g/mol. The third-order valence-electron chi connectivity index (χ3n) is 3.02. The van der Waals surface area contributed by atoms with Crippen molar-refractivity contribution in [3.63, 3.8) is 0 Å². The summed E-state index contributed by atoms with van der Waals surface area (Å²) in [6.45, 7) is 2.38. The first kappa shape index (κ1) is 16.2. The van der Waals surface area contributed by atoms with Crippen LogP contribution in [0.15, 0.2) is 36.1 Å². The Kier molecular flexibility index (Phi) is 6.03. The quantitative estimate of drug-likeness (QED) is 0.842. The molecule has 0 fully saturated rings. The third kappa shape index (κ3) is 3.38. The van der Waals surface area contributed by atoms with E-state index in [1.54, 1.807) is 0 Å². The molecule has 1 aliphatic heterocycles. The van der Waals surface area contributed by atoms with E-state index in [2.05, 4.69) is 33.4 Å². The van der Waals surface area contributed by atoms with Crippen LogP contribution in [0.3, 0.4) is 0 Å². The number of nitrogens with zero attached hydrogens (tertiary/aromatic N) is 2. The molecule has 2 aliphatic rings. The van der Waals surface area contributed by atoms with Gasteiger partial charge in [0.2, 0.25) is 5.88 Å². The molecule has 0 amide bonds. The van der Waals surface area contributed by atoms with Crippen LogP contribution >= 0.6 is 34.0 Å². The fourth-order valence-corrected chi connectivity index (χ4v) is 1.89. The molecule has 0 radical (unpaired) electrons. The topological polar surface area (TPSA) is 37.4 Å². The molecule has 1 aliphatic carbocycles. The highest BCUT2D eigenvalue weighted by Crippen LogP contribution is 2.25. The lowest BCUT2D eigenvalue weighted by atomic mass is 10.2. The van der Waals surface area contributed by atoms with Crippen LogP contribution in [0.5, 0.6) is 5.88 Å². The van der Waals surface area contributed by atoms with Crippen molar-refractivity contribution in [3.8, 4) is 5.88 Å². The number of allylic oxidation sites excluding steroid dienone is 3. The van der Waals surface area contributed by atoms with Crippen molar-refractivity contribution in [1.29, 1.82) is 0 Å². The van der Waals surface area contributed by atoms with Gasteiger partial charge in [-0.05, 0) is 24.3 Å². The summed E-state index contributed by atoms with van der Waals surface area (Å²) < 4.78 is 5.63. The van der Waals surface area contributed by atoms with E-state index in [-0.39, 0.29) is 34.0 Å². The lowest BCUT2D eigenvalue weighted by Crippen LogP contribution is -2.18. The Hall–Kier alpha value is -0.850. The van der Waals surface area contributed by atoms with Gasteiger partial charge in [0.05, 0.1) is 0 Å². The summed E-state index contributed by atoms with van der Waals surface area (Å²) in [6, 6.07) is 4.11. The van der Waals surface area contributed by atoms with Crippen molar-refractivity contribution in [3.05, 3.63) is 41.6 Å². The van der Waals surface area contributed by atoms with Crippen LogP contribution in [-0.2, 0) is 6.54 Å². The summed E-state index contributed by atoms with van der Waals surface area (Å²) in [5, 5.41) is 3.30. The van der Waals surface area contributed by atoms with Gasteiger partial charge >= 0.3 is 0 Å². The molecule has 1 N–H and O–H groups in total. The van der Waals surface area contributed by atoms with Gasteiger partial charge in [0, 0.05) is 31.4 Å². The van der Waals surface area contributed by atoms with Crippen LogP contribution in [0.2, 0.25) is 0 Å². The second kappa shape index (κ2) is 7.07. The van der Waals surface area contributed by atoms with E-state index in [0.29, 0.717) is 6.61 Å². The molecule has 1 aromatic rings. The average Bonchev–Trinajstić information content (AvgIpc) is 2.50. The predicted molar refractivity (Wildman–Crippen MR) is 87.7 cm³/mol. The van der Waals surface area contributed by atoms with Gasteiger partial charge in [0.1, 0.15) is 12.4 Å². The van der Waals surface area contributed by atoms with Crippen molar-refractivity contribution in [2.75, 3.05) is 25.1 Å². The van der Waals surface area contributed by atoms with Crippen LogP contribution in [0.4, 0.5) is 5.82 Å². The number of hydrogen-bond donors (Lipinski definition) is 1. The number of nitrogens with one attached hydrogen (secondary N) is 1. The fraction of sp³-hybridized carbons (Fsp3) is 0.308. The minimum absolute atomic E-state index is 0. The van der Waals surface area contributed by atoms with Gasteiger partial charge in [-0.2, -0.15) is 4.98 Å². The predicted octanol–water partition coefficient (Wildman–Crippen LogP) is 2.61. The molecular weight excluding hydrogens is 374 g/mol. The smallest absolute Gasteiger partial charge is 0.219 e. The summed E-state index contributed by atoms with van der Waals surface area (Å²) in [4.78, 5) is 6.62. The molecule has 0 atom stereocenters. The molecule has 2 heterocycles. The number of hydrogen-bond acceptors (Lipinski definition) is 4. The van der Waals surface area contributed by atoms with Crippen molar-refractivity contribution in [2.45, 2.75) is 6.54 Å². The van der Waals surface area contributed by atoms with E-state index in [1.807, 2.05) is 19.2 Å². The van der Waals surface area contributed by atoms with Crippen molar-refractivity contribution < 1.29 is 4.74 Å². The Bertz CT molecular complexity index is 503. The largest absolute Gasteiger partial charge is 0.476 e. The van der Waals surface area contributed by atoms with Crippen molar-refractivity contribution in [1.82, 2.24) is 10.3 Å². The summed E-state index contributed by atoms with van der Waals surface area (Å²) >= 11 is 0. The van der Waals surface area contributed by atoms with Gasteiger partial charge in [-0.1, -0.05) is 6.08 Å². The van der Waals surface area contributed by atoms with Crippen LogP contribution < -0.4 is 15.0 Å². The van der Waals surface area contributed by atoms with E-state index in [1.165, 1.54) is 5.70 Å². The summed E-state index contributed by atoms with van der Waals surface area (Å²) in [5.74, 6) is 1.67. The number of likely N-dealkylation sites (N-methyl/N-ethyl adjacent to an activating group) is 1. The molecule has 4 nitrogen and oxygen atoms in total. The molecular formula is C13H17Br2N3O. The zero-order chi connectivity index (χ0) is 11.7. The highest BCUT2D eigenvalue weighted by Gasteiger charge is 2.14. The normalized spacial score (nSPS) is 15.5. The Morgan fingerprint density at radius 3 is 2.79 bits per heavy atom. The number of ether oxygens (including phenoxy) is 1. The number of fused-ring (bicyclic) bond motifs is 1. The molecule has 0 unspecified atom stereocenters. The van der Waals surface area contributed by atoms with E-state index >= 15 is 0 Å². The highest BCUT2D eigenvalue weighted by atomic mass is 79.9. The van der Waals surface area contributed by atoms with E-state index in [9.17, 15) is 0 Å². The van der Waals surface area contributed by atoms with Gasteiger partial charge in [-0.15, -0.1) is 34.0 Å². The maximum Gasteiger partial charge on any atom is 0.219 e. The minimum Gasteiger partial charge on any atom is -0.476 e. The van der Waals surface area contributed by atoms with E-state index < -0.39 is 0 Å². The summed E-state index contributed by atoms with van der Waals surface area (Å²) in [6.07, 6.45) is 6.15. The number of pyridine rings is 1. The molecule has 1 aromatic heterocycles. The zero-order valence-electron chi connectivity index (χ0n) is 10.6. The highest BCUT2D eigenvalue weighted by molar-refractivity contribution is 8.93. The minimum atomic E-state index is 0. The Morgan fingerprint density at radius 1 is 1.32 bits per heavy atom. The standard InChI is InChI=1S/C13H15N3O.2BrH/c1-16(11-3-2-4-11)12-6-5-10-9-14-7-8-17-13(10)15-12;;/h2-6,14H,7-9H2,1H3;2*1H. The maximum absolute atomic E-state index is 5.63. The first-order valence-corrected chi connectivity index (χ1v) is 5.80. The first-order chi connectivity index (χ1) is 8.34. The van der Waals surface area contributed by atoms with Crippen LogP contribution in [0, 0.1) is 0 Å². The van der Waals surface area contributed by atoms with Gasteiger partial charge in [-0.25, -0.2) is 0 Å². The average molecular weight is 391 g/mol. The van der Waals surface area contributed by atoms with Gasteiger partial charge < -0.3 is 15.0 Å². The molecule has 3 rings (SSSR count). The Labute approximate surface area is 134 Å².